The zero-order valence-electron chi connectivity index (χ0n) is 25.6. The van der Waals surface area contributed by atoms with Crippen LogP contribution >= 0.6 is 27.3 Å². The molecule has 4 aromatic rings. The van der Waals surface area contributed by atoms with Crippen LogP contribution in [-0.4, -0.2) is 46.5 Å². The Kier molecular flexibility index (Phi) is 9.17. The largest absolute Gasteiger partial charge is 0.493 e. The molecule has 0 fully saturated rings. The molecule has 0 saturated heterocycles. The van der Waals surface area contributed by atoms with Gasteiger partial charge in [0, 0.05) is 21.5 Å². The highest BCUT2D eigenvalue weighted by Crippen LogP contribution is 2.41. The van der Waals surface area contributed by atoms with E-state index in [9.17, 15) is 19.5 Å². The molecular weight excluding hydrogens is 662 g/mol. The van der Waals surface area contributed by atoms with Gasteiger partial charge >= 0.3 is 11.9 Å². The zero-order chi connectivity index (χ0) is 32.6. The van der Waals surface area contributed by atoms with Crippen molar-refractivity contribution in [3.63, 3.8) is 0 Å². The van der Waals surface area contributed by atoms with Crippen molar-refractivity contribution in [2.75, 3.05) is 20.3 Å². The number of aryl methyl sites for hydroxylation is 1. The van der Waals surface area contributed by atoms with Crippen molar-refractivity contribution in [2.24, 2.45) is 4.99 Å². The molecule has 0 aliphatic carbocycles. The van der Waals surface area contributed by atoms with Crippen LogP contribution in [0.3, 0.4) is 0 Å². The lowest BCUT2D eigenvalue weighted by Crippen LogP contribution is -2.40. The molecule has 2 aromatic carbocycles. The fraction of sp³-hybridized carbons (Fsp3) is 0.273. The lowest BCUT2D eigenvalue weighted by molar-refractivity contribution is -0.139. The Morgan fingerprint density at radius 2 is 1.78 bits per heavy atom. The second-order valence-electron chi connectivity index (χ2n) is 10.3. The Morgan fingerprint density at radius 1 is 1.07 bits per heavy atom. The number of carboxylic acid groups (broad SMARTS) is 1. The van der Waals surface area contributed by atoms with Gasteiger partial charge in [0.2, 0.25) is 0 Å². The molecular formula is C33H32BrN3O7S. The summed E-state index contributed by atoms with van der Waals surface area (Å²) < 4.78 is 21.4. The predicted molar refractivity (Wildman–Crippen MR) is 174 cm³/mol. The Bertz CT molecular complexity index is 2040. The zero-order valence-corrected chi connectivity index (χ0v) is 28.0. The number of hydrogen-bond donors (Lipinski definition) is 1. The van der Waals surface area contributed by atoms with Crippen LogP contribution in [0.1, 0.15) is 59.7 Å². The number of esters is 1. The first kappa shape index (κ1) is 32.0. The molecule has 5 rings (SSSR count). The first-order valence-corrected chi connectivity index (χ1v) is 15.8. The summed E-state index contributed by atoms with van der Waals surface area (Å²) in [5.74, 6) is -0.572. The number of aromatic carboxylic acids is 1. The SMILES string of the molecule is CCOC(=O)C1=C(C)N=c2s/c(=C/c3cc(C)n(-c4ccc(C(=O)O)cc4)c3C)c(=O)n2[C@H]1c1cc(OC)c(OCC)cc1Br. The van der Waals surface area contributed by atoms with Gasteiger partial charge < -0.3 is 23.9 Å². The molecule has 12 heteroatoms. The van der Waals surface area contributed by atoms with Crippen LogP contribution in [0.4, 0.5) is 0 Å². The van der Waals surface area contributed by atoms with Crippen LogP contribution in [0.2, 0.25) is 0 Å². The quantitative estimate of drug-likeness (QED) is 0.243. The monoisotopic (exact) mass is 693 g/mol. The number of thiazole rings is 1. The van der Waals surface area contributed by atoms with Crippen LogP contribution in [0.5, 0.6) is 11.5 Å². The number of carbonyl (C=O) groups excluding carboxylic acids is 1. The van der Waals surface area contributed by atoms with Crippen molar-refractivity contribution in [3.05, 3.63) is 106 Å². The van der Waals surface area contributed by atoms with E-state index >= 15 is 0 Å². The van der Waals surface area contributed by atoms with Gasteiger partial charge in [-0.2, -0.15) is 0 Å². The molecule has 1 aliphatic rings. The summed E-state index contributed by atoms with van der Waals surface area (Å²) in [6, 6.07) is 11.3. The summed E-state index contributed by atoms with van der Waals surface area (Å²) >= 11 is 4.88. The van der Waals surface area contributed by atoms with Gasteiger partial charge in [-0.3, -0.25) is 9.36 Å². The number of benzene rings is 2. The second-order valence-corrected chi connectivity index (χ2v) is 12.1. The van der Waals surface area contributed by atoms with Crippen molar-refractivity contribution >= 4 is 45.3 Å². The van der Waals surface area contributed by atoms with Gasteiger partial charge in [-0.25, -0.2) is 14.6 Å². The highest BCUT2D eigenvalue weighted by molar-refractivity contribution is 9.10. The van der Waals surface area contributed by atoms with E-state index in [0.717, 1.165) is 22.6 Å². The third kappa shape index (κ3) is 5.87. The number of ether oxygens (including phenoxy) is 3. The van der Waals surface area contributed by atoms with Crippen molar-refractivity contribution in [1.29, 1.82) is 0 Å². The Labute approximate surface area is 271 Å². The minimum absolute atomic E-state index is 0.162. The highest BCUT2D eigenvalue weighted by Gasteiger charge is 2.35. The molecule has 0 unspecified atom stereocenters. The number of carboxylic acids is 1. The van der Waals surface area contributed by atoms with Gasteiger partial charge in [-0.1, -0.05) is 27.3 Å². The van der Waals surface area contributed by atoms with Crippen LogP contribution in [0.25, 0.3) is 11.8 Å². The van der Waals surface area contributed by atoms with Crippen LogP contribution < -0.4 is 24.4 Å². The minimum atomic E-state index is -0.992. The maximum Gasteiger partial charge on any atom is 0.338 e. The maximum absolute atomic E-state index is 14.2. The van der Waals surface area contributed by atoms with Gasteiger partial charge in [0.05, 0.1) is 47.7 Å². The normalized spacial score (nSPS) is 14.6. The van der Waals surface area contributed by atoms with E-state index in [1.165, 1.54) is 23.0 Å². The van der Waals surface area contributed by atoms with Crippen molar-refractivity contribution in [1.82, 2.24) is 9.13 Å². The van der Waals surface area contributed by atoms with E-state index in [1.807, 2.05) is 37.5 Å². The predicted octanol–water partition coefficient (Wildman–Crippen LogP) is 5.07. The molecule has 10 nitrogen and oxygen atoms in total. The molecule has 1 aliphatic heterocycles. The number of nitrogens with zero attached hydrogens (tertiary/aromatic N) is 3. The Morgan fingerprint density at radius 3 is 2.40 bits per heavy atom. The van der Waals surface area contributed by atoms with Crippen LogP contribution in [0.15, 0.2) is 68.0 Å². The van der Waals surface area contributed by atoms with Gasteiger partial charge in [0.1, 0.15) is 0 Å². The Balaban J connectivity index is 1.70. The van der Waals surface area contributed by atoms with Gasteiger partial charge in [0.25, 0.3) is 5.56 Å². The molecule has 0 amide bonds. The number of methoxy groups -OCH3 is 1. The average Bonchev–Trinajstić information content (AvgIpc) is 3.46. The van der Waals surface area contributed by atoms with E-state index < -0.39 is 18.0 Å². The van der Waals surface area contributed by atoms with Crippen molar-refractivity contribution < 1.29 is 28.9 Å². The molecule has 0 radical (unpaired) electrons. The summed E-state index contributed by atoms with van der Waals surface area (Å²) in [6.45, 7) is 9.81. The fourth-order valence-electron chi connectivity index (χ4n) is 5.50. The molecule has 45 heavy (non-hydrogen) atoms. The number of fused-ring (bicyclic) bond motifs is 1. The molecule has 1 N–H and O–H groups in total. The number of carbonyl (C=O) groups is 2. The summed E-state index contributed by atoms with van der Waals surface area (Å²) in [6.07, 6.45) is 1.82. The minimum Gasteiger partial charge on any atom is -0.493 e. The molecule has 234 valence electrons. The standard InChI is InChI=1S/C33H32BrN3O7S/c1-7-43-26-16-24(34)23(15-25(26)42-6)29-28(32(41)44-8-2)18(4)35-33-37(29)30(38)27(45-33)14-21-13-17(3)36(19(21)5)22-11-9-20(10-12-22)31(39)40/h9-16,29H,7-8H2,1-6H3,(H,39,40)/b27-14+/t29-/m0/s1. The summed E-state index contributed by atoms with van der Waals surface area (Å²) in [4.78, 5) is 44.0. The van der Waals surface area contributed by atoms with E-state index in [0.29, 0.717) is 43.2 Å². The summed E-state index contributed by atoms with van der Waals surface area (Å²) in [7, 11) is 1.53. The third-order valence-electron chi connectivity index (χ3n) is 7.52. The number of hydrogen-bond acceptors (Lipinski definition) is 8. The molecule has 0 bridgehead atoms. The second kappa shape index (κ2) is 12.9. The van der Waals surface area contributed by atoms with Gasteiger partial charge in [-0.15, -0.1) is 0 Å². The Hall–Kier alpha value is -4.42. The smallest absolute Gasteiger partial charge is 0.338 e. The van der Waals surface area contributed by atoms with Gasteiger partial charge in [-0.05, 0) is 94.3 Å². The lowest BCUT2D eigenvalue weighted by atomic mass is 9.95. The molecule has 0 spiro atoms. The molecule has 2 aromatic heterocycles. The molecule has 3 heterocycles. The van der Waals surface area contributed by atoms with Gasteiger partial charge in [0.15, 0.2) is 16.3 Å². The lowest BCUT2D eigenvalue weighted by Gasteiger charge is -2.26. The van der Waals surface area contributed by atoms with Crippen LogP contribution in [-0.2, 0) is 9.53 Å². The van der Waals surface area contributed by atoms with E-state index in [1.54, 1.807) is 50.2 Å². The molecule has 0 saturated carbocycles. The van der Waals surface area contributed by atoms with Crippen molar-refractivity contribution in [2.45, 2.75) is 40.7 Å². The summed E-state index contributed by atoms with van der Waals surface area (Å²) in [5, 5.41) is 9.28. The number of halogens is 1. The fourth-order valence-corrected chi connectivity index (χ4v) is 7.08. The van der Waals surface area contributed by atoms with E-state index in [2.05, 4.69) is 20.9 Å². The van der Waals surface area contributed by atoms with E-state index in [4.69, 9.17) is 14.2 Å². The number of aromatic nitrogens is 2. The van der Waals surface area contributed by atoms with Crippen LogP contribution in [0, 0.1) is 13.8 Å². The average molecular weight is 695 g/mol. The maximum atomic E-state index is 14.2. The highest BCUT2D eigenvalue weighted by atomic mass is 79.9. The number of allylic oxidation sites excluding steroid dienone is 1. The number of rotatable bonds is 9. The molecule has 1 atom stereocenters. The van der Waals surface area contributed by atoms with Crippen molar-refractivity contribution in [3.8, 4) is 17.2 Å². The third-order valence-corrected chi connectivity index (χ3v) is 9.19. The first-order chi connectivity index (χ1) is 21.5. The first-order valence-electron chi connectivity index (χ1n) is 14.2. The summed E-state index contributed by atoms with van der Waals surface area (Å²) in [5.41, 5.74) is 4.63. The topological polar surface area (TPSA) is 121 Å². The van der Waals surface area contributed by atoms with E-state index in [-0.39, 0.29) is 23.3 Å².